The van der Waals surface area contributed by atoms with Crippen molar-refractivity contribution in [2.75, 3.05) is 18.4 Å². The van der Waals surface area contributed by atoms with Gasteiger partial charge in [-0.15, -0.1) is 6.42 Å². The first-order valence-electron chi connectivity index (χ1n) is 11.9. The molecule has 0 aliphatic rings. The fourth-order valence-electron chi connectivity index (χ4n) is 3.51. The Bertz CT molecular complexity index is 1100. The number of ether oxygens (including phenoxy) is 1. The highest BCUT2D eigenvalue weighted by Gasteiger charge is 2.32. The molecule has 0 radical (unpaired) electrons. The fraction of sp³-hybridized carbons (Fsp3) is 0.393. The summed E-state index contributed by atoms with van der Waals surface area (Å²) in [5, 5.41) is 5.78. The molecule has 0 bridgehead atoms. The summed E-state index contributed by atoms with van der Waals surface area (Å²) in [6.07, 6.45) is 6.25. The van der Waals surface area contributed by atoms with Gasteiger partial charge in [-0.25, -0.2) is 4.79 Å². The maximum absolute atomic E-state index is 13.7. The molecule has 0 aliphatic carbocycles. The number of rotatable bonds is 9. The minimum atomic E-state index is -0.980. The number of carbonyl (C=O) groups excluding carboxylic acids is 3. The van der Waals surface area contributed by atoms with Gasteiger partial charge in [-0.1, -0.05) is 55.1 Å². The molecule has 2 rings (SSSR count). The van der Waals surface area contributed by atoms with Crippen molar-refractivity contribution in [2.24, 2.45) is 0 Å². The monoisotopic (exact) mass is 511 g/mol. The van der Waals surface area contributed by atoms with E-state index in [1.54, 1.807) is 57.2 Å². The third-order valence-electron chi connectivity index (χ3n) is 5.28. The summed E-state index contributed by atoms with van der Waals surface area (Å²) >= 11 is 6.35. The Morgan fingerprint density at radius 1 is 1.14 bits per heavy atom. The average Bonchev–Trinajstić information content (AvgIpc) is 2.81. The lowest BCUT2D eigenvalue weighted by Gasteiger charge is -2.32. The molecule has 8 heteroatoms. The van der Waals surface area contributed by atoms with Crippen LogP contribution in [-0.2, 0) is 14.3 Å². The Hall–Kier alpha value is -3.50. The maximum atomic E-state index is 13.7. The first-order valence-corrected chi connectivity index (χ1v) is 12.2. The third-order valence-corrected chi connectivity index (χ3v) is 5.59. The molecule has 3 amide bonds. The number of amides is 3. The van der Waals surface area contributed by atoms with Gasteiger partial charge >= 0.3 is 6.09 Å². The van der Waals surface area contributed by atoms with Crippen LogP contribution in [0.1, 0.15) is 63.3 Å². The fourth-order valence-corrected chi connectivity index (χ4v) is 3.78. The lowest BCUT2D eigenvalue weighted by Crippen LogP contribution is -2.47. The maximum Gasteiger partial charge on any atom is 0.408 e. The smallest absolute Gasteiger partial charge is 0.408 e. The van der Waals surface area contributed by atoms with Crippen LogP contribution in [0.4, 0.5) is 10.5 Å². The van der Waals surface area contributed by atoms with Crippen LogP contribution in [0.5, 0.6) is 0 Å². The molecule has 0 saturated heterocycles. The van der Waals surface area contributed by atoms with Gasteiger partial charge in [0.25, 0.3) is 5.91 Å². The van der Waals surface area contributed by atoms with Gasteiger partial charge in [0, 0.05) is 12.1 Å². The highest BCUT2D eigenvalue weighted by molar-refractivity contribution is 6.34. The van der Waals surface area contributed by atoms with Crippen LogP contribution in [0.15, 0.2) is 42.5 Å². The van der Waals surface area contributed by atoms with E-state index >= 15 is 0 Å². The highest BCUT2D eigenvalue weighted by atomic mass is 35.5. The molecular weight excluding hydrogens is 478 g/mol. The van der Waals surface area contributed by atoms with E-state index in [9.17, 15) is 14.4 Å². The molecule has 0 heterocycles. The number of terminal acetylenes is 1. The molecule has 36 heavy (non-hydrogen) atoms. The molecule has 0 fully saturated rings. The topological polar surface area (TPSA) is 87.7 Å². The normalized spacial score (nSPS) is 11.7. The van der Waals surface area contributed by atoms with E-state index in [4.69, 9.17) is 22.8 Å². The number of unbranched alkanes of at least 4 members (excludes halogenated alkanes) is 1. The van der Waals surface area contributed by atoms with E-state index in [2.05, 4.69) is 16.6 Å². The second-order valence-electron chi connectivity index (χ2n) is 9.39. The van der Waals surface area contributed by atoms with Gasteiger partial charge in [0.15, 0.2) is 0 Å². The predicted octanol–water partition coefficient (Wildman–Crippen LogP) is 5.46. The molecule has 0 spiro atoms. The molecule has 0 aromatic heterocycles. The standard InChI is InChI=1S/C28H34ClN3O4/c1-7-9-17-32(23(33)18-30-27(35)36-28(4,5)6)25(21-15-13-20(8-2)14-16-21)26(34)31-24-19(3)11-10-12-22(24)29/h2,10-16,25H,7,9,17-18H2,1,3-6H3,(H,30,35)(H,31,34). The van der Waals surface area contributed by atoms with Crippen molar-refractivity contribution in [2.45, 2.75) is 59.1 Å². The first kappa shape index (κ1) is 28.7. The molecule has 7 nitrogen and oxygen atoms in total. The van der Waals surface area contributed by atoms with Crippen LogP contribution in [0.2, 0.25) is 5.02 Å². The van der Waals surface area contributed by atoms with Gasteiger partial charge < -0.3 is 20.3 Å². The Kier molecular flexibility index (Phi) is 10.4. The van der Waals surface area contributed by atoms with Gasteiger partial charge in [0.2, 0.25) is 5.91 Å². The van der Waals surface area contributed by atoms with E-state index < -0.39 is 29.6 Å². The number of alkyl carbamates (subject to hydrolysis) is 1. The number of carbonyl (C=O) groups is 3. The molecule has 192 valence electrons. The Morgan fingerprint density at radius 3 is 2.36 bits per heavy atom. The van der Waals surface area contributed by atoms with Crippen molar-refractivity contribution in [1.29, 1.82) is 0 Å². The molecular formula is C28H34ClN3O4. The molecule has 0 aliphatic heterocycles. The second kappa shape index (κ2) is 13.0. The van der Waals surface area contributed by atoms with E-state index in [-0.39, 0.29) is 6.54 Å². The average molecular weight is 512 g/mol. The van der Waals surface area contributed by atoms with Gasteiger partial charge in [-0.3, -0.25) is 9.59 Å². The number of nitrogens with one attached hydrogen (secondary N) is 2. The van der Waals surface area contributed by atoms with E-state index in [0.717, 1.165) is 12.0 Å². The van der Waals surface area contributed by atoms with Crippen LogP contribution < -0.4 is 10.6 Å². The number of nitrogens with zero attached hydrogens (tertiary/aromatic N) is 1. The van der Waals surface area contributed by atoms with Crippen molar-refractivity contribution in [1.82, 2.24) is 10.2 Å². The predicted molar refractivity (Wildman–Crippen MR) is 143 cm³/mol. The highest BCUT2D eigenvalue weighted by Crippen LogP contribution is 2.29. The third kappa shape index (κ3) is 8.31. The van der Waals surface area contributed by atoms with E-state index in [0.29, 0.717) is 34.8 Å². The summed E-state index contributed by atoms with van der Waals surface area (Å²) < 4.78 is 5.24. The second-order valence-corrected chi connectivity index (χ2v) is 9.79. The minimum absolute atomic E-state index is 0.307. The molecule has 2 aromatic carbocycles. The summed E-state index contributed by atoms with van der Waals surface area (Å²) in [5.74, 6) is 1.70. The van der Waals surface area contributed by atoms with Gasteiger partial charge in [0.05, 0.1) is 10.7 Å². The van der Waals surface area contributed by atoms with E-state index in [1.165, 1.54) is 4.90 Å². The molecule has 1 unspecified atom stereocenters. The van der Waals surface area contributed by atoms with Crippen molar-refractivity contribution >= 4 is 35.2 Å². The van der Waals surface area contributed by atoms with Gasteiger partial charge in [-0.05, 0) is 63.4 Å². The zero-order chi connectivity index (χ0) is 26.9. The largest absolute Gasteiger partial charge is 0.444 e. The number of hydrogen-bond acceptors (Lipinski definition) is 4. The van der Waals surface area contributed by atoms with Gasteiger partial charge in [-0.2, -0.15) is 0 Å². The number of hydrogen-bond donors (Lipinski definition) is 2. The van der Waals surface area contributed by atoms with Crippen LogP contribution in [0, 0.1) is 19.3 Å². The van der Waals surface area contributed by atoms with Crippen LogP contribution in [0.3, 0.4) is 0 Å². The number of benzene rings is 2. The SMILES string of the molecule is C#Cc1ccc(C(C(=O)Nc2c(C)cccc2Cl)N(CCCC)C(=O)CNC(=O)OC(C)(C)C)cc1. The lowest BCUT2D eigenvalue weighted by molar-refractivity contribution is -0.138. The van der Waals surface area contributed by atoms with Crippen molar-refractivity contribution in [3.63, 3.8) is 0 Å². The molecule has 2 N–H and O–H groups in total. The number of anilines is 1. The summed E-state index contributed by atoms with van der Waals surface area (Å²) in [5.41, 5.74) is 1.79. The number of aryl methyl sites for hydroxylation is 1. The number of para-hydroxylation sites is 1. The van der Waals surface area contributed by atoms with E-state index in [1.807, 2.05) is 19.9 Å². The zero-order valence-electron chi connectivity index (χ0n) is 21.5. The Morgan fingerprint density at radius 2 is 1.81 bits per heavy atom. The lowest BCUT2D eigenvalue weighted by atomic mass is 10.0. The Labute approximate surface area is 218 Å². The van der Waals surface area contributed by atoms with Crippen molar-refractivity contribution in [3.05, 3.63) is 64.2 Å². The summed E-state index contributed by atoms with van der Waals surface area (Å²) in [4.78, 5) is 40.7. The zero-order valence-corrected chi connectivity index (χ0v) is 22.2. The van der Waals surface area contributed by atoms with Crippen LogP contribution >= 0.6 is 11.6 Å². The minimum Gasteiger partial charge on any atom is -0.444 e. The Balaban J connectivity index is 2.41. The molecule has 0 saturated carbocycles. The summed E-state index contributed by atoms with van der Waals surface area (Å²) in [7, 11) is 0. The van der Waals surface area contributed by atoms with Crippen molar-refractivity contribution in [3.8, 4) is 12.3 Å². The van der Waals surface area contributed by atoms with Crippen LogP contribution in [-0.4, -0.2) is 41.5 Å². The first-order chi connectivity index (χ1) is 17.0. The molecule has 2 aromatic rings. The summed E-state index contributed by atoms with van der Waals surface area (Å²) in [6, 6.07) is 11.2. The quantitative estimate of drug-likeness (QED) is 0.437. The van der Waals surface area contributed by atoms with Gasteiger partial charge in [0.1, 0.15) is 18.2 Å². The number of halogens is 1. The molecule has 1 atom stereocenters. The summed E-state index contributed by atoms with van der Waals surface area (Å²) in [6.45, 7) is 9.02. The van der Waals surface area contributed by atoms with Crippen LogP contribution in [0.25, 0.3) is 0 Å². The van der Waals surface area contributed by atoms with Crippen molar-refractivity contribution < 1.29 is 19.1 Å².